The number of carbonyl (C=O) groups is 2. The summed E-state index contributed by atoms with van der Waals surface area (Å²) in [4.78, 5) is 27.9. The van der Waals surface area contributed by atoms with Crippen LogP contribution < -0.4 is 4.74 Å². The minimum atomic E-state index is -0.810. The Kier molecular flexibility index (Phi) is 6.24. The highest BCUT2D eigenvalue weighted by Gasteiger charge is 2.46. The molecule has 4 rings (SSSR count). The standard InChI is InChI=1S/C28H26FNO4/c1-16-6-5-7-20(13-16)24-23(25(31)22-14-17(2)12-18(3)27(22)34-4)26(32)28(33)30(24)15-19-8-10-21(29)11-9-19/h5-14,24,31H,15H2,1-4H3/b25-23+. The molecular formula is C28H26FNO4. The fourth-order valence-corrected chi connectivity index (χ4v) is 4.56. The van der Waals surface area contributed by atoms with Gasteiger partial charge in [-0.3, -0.25) is 9.59 Å². The van der Waals surface area contributed by atoms with Gasteiger partial charge in [0.05, 0.1) is 24.3 Å². The summed E-state index contributed by atoms with van der Waals surface area (Å²) in [5, 5.41) is 11.4. The van der Waals surface area contributed by atoms with E-state index in [-0.39, 0.29) is 23.7 Å². The number of amides is 1. The van der Waals surface area contributed by atoms with E-state index in [1.165, 1.54) is 24.1 Å². The number of Topliss-reactive ketones (excluding diaryl/α,β-unsaturated/α-hetero) is 1. The van der Waals surface area contributed by atoms with Gasteiger partial charge in [-0.05, 0) is 61.2 Å². The number of halogens is 1. The molecule has 0 aromatic heterocycles. The number of ether oxygens (including phenoxy) is 1. The number of nitrogens with zero attached hydrogens (tertiary/aromatic N) is 1. The molecular weight excluding hydrogens is 433 g/mol. The second-order valence-electron chi connectivity index (χ2n) is 8.63. The molecule has 1 saturated heterocycles. The van der Waals surface area contributed by atoms with Crippen LogP contribution in [0.3, 0.4) is 0 Å². The fourth-order valence-electron chi connectivity index (χ4n) is 4.56. The van der Waals surface area contributed by atoms with Crippen molar-refractivity contribution in [2.75, 3.05) is 7.11 Å². The fraction of sp³-hybridized carbons (Fsp3) is 0.214. The summed E-state index contributed by atoms with van der Waals surface area (Å²) in [6.45, 7) is 5.75. The van der Waals surface area contributed by atoms with Gasteiger partial charge in [0, 0.05) is 6.54 Å². The van der Waals surface area contributed by atoms with Crippen molar-refractivity contribution in [3.63, 3.8) is 0 Å². The van der Waals surface area contributed by atoms with Gasteiger partial charge in [0.25, 0.3) is 11.7 Å². The Morgan fingerprint density at radius 3 is 2.35 bits per heavy atom. The van der Waals surface area contributed by atoms with Crippen LogP contribution in [-0.4, -0.2) is 28.8 Å². The second-order valence-corrected chi connectivity index (χ2v) is 8.63. The van der Waals surface area contributed by atoms with E-state index in [9.17, 15) is 19.1 Å². The third-order valence-corrected chi connectivity index (χ3v) is 6.04. The molecule has 0 spiro atoms. The third-order valence-electron chi connectivity index (χ3n) is 6.04. The molecule has 1 unspecified atom stereocenters. The van der Waals surface area contributed by atoms with E-state index in [1.807, 2.05) is 51.1 Å². The van der Waals surface area contributed by atoms with E-state index >= 15 is 0 Å². The number of hydrogen-bond donors (Lipinski definition) is 1. The maximum atomic E-state index is 13.4. The molecule has 1 N–H and O–H groups in total. The lowest BCUT2D eigenvalue weighted by Gasteiger charge is -2.26. The lowest BCUT2D eigenvalue weighted by atomic mass is 9.93. The number of benzene rings is 3. The van der Waals surface area contributed by atoms with Crippen molar-refractivity contribution in [3.8, 4) is 5.75 Å². The van der Waals surface area contributed by atoms with Gasteiger partial charge < -0.3 is 14.7 Å². The molecule has 1 atom stereocenters. The van der Waals surface area contributed by atoms with E-state index in [4.69, 9.17) is 4.74 Å². The molecule has 34 heavy (non-hydrogen) atoms. The Balaban J connectivity index is 1.93. The normalized spacial score (nSPS) is 17.3. The van der Waals surface area contributed by atoms with Crippen molar-refractivity contribution in [1.29, 1.82) is 0 Å². The summed E-state index contributed by atoms with van der Waals surface area (Å²) in [6, 6.07) is 16.1. The van der Waals surface area contributed by atoms with Gasteiger partial charge >= 0.3 is 0 Å². The number of aliphatic hydroxyl groups excluding tert-OH is 1. The molecule has 1 amide bonds. The van der Waals surface area contributed by atoms with E-state index in [2.05, 4.69) is 0 Å². The summed E-state index contributed by atoms with van der Waals surface area (Å²) < 4.78 is 19.0. The zero-order chi connectivity index (χ0) is 24.6. The largest absolute Gasteiger partial charge is 0.507 e. The minimum absolute atomic E-state index is 0.000937. The molecule has 1 aliphatic heterocycles. The van der Waals surface area contributed by atoms with Crippen LogP contribution in [0.1, 0.15) is 39.4 Å². The Morgan fingerprint density at radius 2 is 1.71 bits per heavy atom. The summed E-state index contributed by atoms with van der Waals surface area (Å²) in [7, 11) is 1.50. The van der Waals surface area contributed by atoms with Gasteiger partial charge in [-0.25, -0.2) is 4.39 Å². The van der Waals surface area contributed by atoms with Crippen molar-refractivity contribution >= 4 is 17.4 Å². The first-order valence-corrected chi connectivity index (χ1v) is 11.0. The number of hydrogen-bond acceptors (Lipinski definition) is 4. The number of methoxy groups -OCH3 is 1. The maximum Gasteiger partial charge on any atom is 0.295 e. The lowest BCUT2D eigenvalue weighted by Crippen LogP contribution is -2.29. The molecule has 1 heterocycles. The molecule has 3 aromatic carbocycles. The topological polar surface area (TPSA) is 66.8 Å². The van der Waals surface area contributed by atoms with Gasteiger partial charge in [0.1, 0.15) is 17.3 Å². The summed E-state index contributed by atoms with van der Waals surface area (Å²) >= 11 is 0. The predicted molar refractivity (Wildman–Crippen MR) is 128 cm³/mol. The molecule has 0 aliphatic carbocycles. The highest BCUT2D eigenvalue weighted by atomic mass is 19.1. The molecule has 0 bridgehead atoms. The van der Waals surface area contributed by atoms with Crippen LogP contribution in [0, 0.1) is 26.6 Å². The third kappa shape index (κ3) is 4.19. The van der Waals surface area contributed by atoms with Crippen LogP contribution in [0.4, 0.5) is 4.39 Å². The van der Waals surface area contributed by atoms with Gasteiger partial charge in [-0.15, -0.1) is 0 Å². The van der Waals surface area contributed by atoms with Crippen LogP contribution >= 0.6 is 0 Å². The van der Waals surface area contributed by atoms with Crippen LogP contribution in [0.5, 0.6) is 5.75 Å². The van der Waals surface area contributed by atoms with Gasteiger partial charge in [-0.2, -0.15) is 0 Å². The van der Waals surface area contributed by atoms with E-state index < -0.39 is 17.7 Å². The molecule has 1 aliphatic rings. The Hall–Kier alpha value is -3.93. The molecule has 3 aromatic rings. The summed E-state index contributed by atoms with van der Waals surface area (Å²) in [5.41, 5.74) is 4.37. The first-order chi connectivity index (χ1) is 16.2. The number of aryl methyl sites for hydroxylation is 3. The minimum Gasteiger partial charge on any atom is -0.507 e. The number of rotatable bonds is 5. The van der Waals surface area contributed by atoms with E-state index in [0.29, 0.717) is 22.4 Å². The first-order valence-electron chi connectivity index (χ1n) is 11.0. The molecule has 0 radical (unpaired) electrons. The van der Waals surface area contributed by atoms with Gasteiger partial charge in [-0.1, -0.05) is 48.0 Å². The van der Waals surface area contributed by atoms with Crippen molar-refractivity contribution in [3.05, 3.63) is 105 Å². The van der Waals surface area contributed by atoms with E-state index in [1.54, 1.807) is 18.2 Å². The zero-order valence-electron chi connectivity index (χ0n) is 19.6. The lowest BCUT2D eigenvalue weighted by molar-refractivity contribution is -0.140. The quantitative estimate of drug-likeness (QED) is 0.316. The molecule has 6 heteroatoms. The number of carbonyl (C=O) groups excluding carboxylic acids is 2. The van der Waals surface area contributed by atoms with Crippen molar-refractivity contribution in [2.24, 2.45) is 0 Å². The van der Waals surface area contributed by atoms with Crippen LogP contribution in [0.15, 0.2) is 66.2 Å². The van der Waals surface area contributed by atoms with Gasteiger partial charge in [0.15, 0.2) is 0 Å². The molecule has 174 valence electrons. The zero-order valence-corrected chi connectivity index (χ0v) is 19.6. The molecule has 0 saturated carbocycles. The Labute approximate surface area is 198 Å². The smallest absolute Gasteiger partial charge is 0.295 e. The average Bonchev–Trinajstić information content (AvgIpc) is 3.04. The van der Waals surface area contributed by atoms with Crippen molar-refractivity contribution in [2.45, 2.75) is 33.4 Å². The van der Waals surface area contributed by atoms with Crippen molar-refractivity contribution in [1.82, 2.24) is 4.90 Å². The number of likely N-dealkylation sites (tertiary alicyclic amines) is 1. The Bertz CT molecular complexity index is 1310. The highest BCUT2D eigenvalue weighted by molar-refractivity contribution is 6.46. The number of ketones is 1. The van der Waals surface area contributed by atoms with Crippen LogP contribution in [0.2, 0.25) is 0 Å². The van der Waals surface area contributed by atoms with E-state index in [0.717, 1.165) is 16.7 Å². The molecule has 1 fully saturated rings. The summed E-state index contributed by atoms with van der Waals surface area (Å²) in [6.07, 6.45) is 0. The first kappa shape index (κ1) is 23.2. The van der Waals surface area contributed by atoms with Gasteiger partial charge in [0.2, 0.25) is 0 Å². The van der Waals surface area contributed by atoms with Crippen molar-refractivity contribution < 1.29 is 23.8 Å². The predicted octanol–water partition coefficient (Wildman–Crippen LogP) is 5.38. The summed E-state index contributed by atoms with van der Waals surface area (Å²) in [5.74, 6) is -1.72. The molecule has 5 nitrogen and oxygen atoms in total. The Morgan fingerprint density at radius 1 is 1.00 bits per heavy atom. The van der Waals surface area contributed by atoms with Crippen LogP contribution in [-0.2, 0) is 16.1 Å². The highest BCUT2D eigenvalue weighted by Crippen LogP contribution is 2.42. The maximum absolute atomic E-state index is 13.4. The number of aliphatic hydroxyl groups is 1. The monoisotopic (exact) mass is 459 g/mol. The van der Waals surface area contributed by atoms with Crippen LogP contribution in [0.25, 0.3) is 5.76 Å². The second kappa shape index (κ2) is 9.14. The average molecular weight is 460 g/mol. The SMILES string of the molecule is COc1c(C)cc(C)cc1/C(O)=C1\C(=O)C(=O)N(Cc2ccc(F)cc2)C1c1cccc(C)c1.